The summed E-state index contributed by atoms with van der Waals surface area (Å²) in [6.07, 6.45) is 0. The van der Waals surface area contributed by atoms with E-state index in [2.05, 4.69) is 36.5 Å². The Hall–Kier alpha value is -1.94. The lowest BCUT2D eigenvalue weighted by Gasteiger charge is -2.13. The van der Waals surface area contributed by atoms with Gasteiger partial charge in [-0.25, -0.2) is 0 Å². The first-order valence-electron chi connectivity index (χ1n) is 6.29. The molecule has 0 atom stereocenters. The van der Waals surface area contributed by atoms with E-state index in [0.29, 0.717) is 11.4 Å². The molecule has 1 N–H and O–H groups in total. The first-order chi connectivity index (χ1) is 9.60. The zero-order valence-corrected chi connectivity index (χ0v) is 12.6. The van der Waals surface area contributed by atoms with Gasteiger partial charge in [0.15, 0.2) is 0 Å². The van der Waals surface area contributed by atoms with E-state index in [-0.39, 0.29) is 5.91 Å². The molecule has 0 aromatic heterocycles. The Morgan fingerprint density at radius 2 is 1.85 bits per heavy atom. The molecule has 0 heterocycles. The van der Waals surface area contributed by atoms with Crippen molar-refractivity contribution >= 4 is 23.4 Å². The van der Waals surface area contributed by atoms with Crippen LogP contribution in [-0.4, -0.2) is 13.0 Å². The number of carbonyl (C=O) groups excluding carboxylic acids is 1. The van der Waals surface area contributed by atoms with Crippen molar-refractivity contribution in [2.45, 2.75) is 23.6 Å². The van der Waals surface area contributed by atoms with Crippen molar-refractivity contribution in [3.8, 4) is 5.75 Å². The molecule has 2 rings (SSSR count). The van der Waals surface area contributed by atoms with E-state index in [9.17, 15) is 4.79 Å². The minimum absolute atomic E-state index is 0.111. The molecule has 2 aromatic rings. The fourth-order valence-electron chi connectivity index (χ4n) is 1.80. The van der Waals surface area contributed by atoms with E-state index < -0.39 is 0 Å². The summed E-state index contributed by atoms with van der Waals surface area (Å²) < 4.78 is 5.32. The summed E-state index contributed by atoms with van der Waals surface area (Å²) in [5, 5.41) is 2.84. The number of carbonyl (C=O) groups is 1. The van der Waals surface area contributed by atoms with E-state index in [4.69, 9.17) is 4.74 Å². The van der Waals surface area contributed by atoms with Crippen molar-refractivity contribution < 1.29 is 9.53 Å². The average Bonchev–Trinajstić information content (AvgIpc) is 2.42. The van der Waals surface area contributed by atoms with Gasteiger partial charge in [-0.3, -0.25) is 4.79 Å². The van der Waals surface area contributed by atoms with Crippen LogP contribution in [0.3, 0.4) is 0 Å². The Labute approximate surface area is 123 Å². The van der Waals surface area contributed by atoms with Gasteiger partial charge in [0.2, 0.25) is 5.91 Å². The summed E-state index contributed by atoms with van der Waals surface area (Å²) in [5.74, 6) is 0.553. The van der Waals surface area contributed by atoms with E-state index in [1.165, 1.54) is 12.5 Å². The number of benzene rings is 2. The number of rotatable bonds is 4. The zero-order chi connectivity index (χ0) is 14.5. The molecule has 0 spiro atoms. The molecule has 0 saturated heterocycles. The Morgan fingerprint density at radius 3 is 2.45 bits per heavy atom. The van der Waals surface area contributed by atoms with Gasteiger partial charge in [0, 0.05) is 16.7 Å². The highest BCUT2D eigenvalue weighted by Gasteiger charge is 2.11. The van der Waals surface area contributed by atoms with Crippen molar-refractivity contribution in [1.82, 2.24) is 0 Å². The van der Waals surface area contributed by atoms with Gasteiger partial charge in [-0.2, -0.15) is 0 Å². The second-order valence-electron chi connectivity index (χ2n) is 4.43. The van der Waals surface area contributed by atoms with Crippen LogP contribution >= 0.6 is 11.8 Å². The molecule has 4 heteroatoms. The number of aryl methyl sites for hydroxylation is 1. The highest BCUT2D eigenvalue weighted by molar-refractivity contribution is 7.99. The number of ether oxygens (including phenoxy) is 1. The molecule has 0 saturated carbocycles. The van der Waals surface area contributed by atoms with Crippen molar-refractivity contribution in [2.75, 3.05) is 12.4 Å². The number of hydrogen-bond acceptors (Lipinski definition) is 3. The van der Waals surface area contributed by atoms with Gasteiger partial charge in [-0.15, -0.1) is 0 Å². The van der Waals surface area contributed by atoms with Gasteiger partial charge in [0.1, 0.15) is 5.75 Å². The van der Waals surface area contributed by atoms with Gasteiger partial charge in [-0.05, 0) is 31.2 Å². The molecule has 104 valence electrons. The first-order valence-corrected chi connectivity index (χ1v) is 7.11. The maximum atomic E-state index is 11.4. The molecule has 0 aliphatic rings. The molecule has 3 nitrogen and oxygen atoms in total. The van der Waals surface area contributed by atoms with E-state index >= 15 is 0 Å². The topological polar surface area (TPSA) is 38.3 Å². The van der Waals surface area contributed by atoms with Crippen LogP contribution in [0.15, 0.2) is 52.3 Å². The van der Waals surface area contributed by atoms with Crippen molar-refractivity contribution in [3.63, 3.8) is 0 Å². The standard InChI is InChI=1S/C16H17NO2S/c1-11-7-9-13(10-8-11)20-15-6-4-5-14(19-3)16(15)17-12(2)18/h4-10H,1-3H3,(H,17,18). The van der Waals surface area contributed by atoms with Crippen LogP contribution in [0.4, 0.5) is 5.69 Å². The fraction of sp³-hybridized carbons (Fsp3) is 0.188. The summed E-state index contributed by atoms with van der Waals surface area (Å²) >= 11 is 1.60. The fourth-order valence-corrected chi connectivity index (χ4v) is 2.73. The molecular weight excluding hydrogens is 270 g/mol. The molecule has 0 aliphatic carbocycles. The van der Waals surface area contributed by atoms with E-state index in [1.54, 1.807) is 18.9 Å². The number of hydrogen-bond donors (Lipinski definition) is 1. The lowest BCUT2D eigenvalue weighted by molar-refractivity contribution is -0.114. The van der Waals surface area contributed by atoms with Gasteiger partial charge in [0.25, 0.3) is 0 Å². The second-order valence-corrected chi connectivity index (χ2v) is 5.55. The van der Waals surface area contributed by atoms with Crippen molar-refractivity contribution in [2.24, 2.45) is 0 Å². The quantitative estimate of drug-likeness (QED) is 0.919. The van der Waals surface area contributed by atoms with Crippen LogP contribution < -0.4 is 10.1 Å². The minimum Gasteiger partial charge on any atom is -0.495 e. The van der Waals surface area contributed by atoms with Crippen LogP contribution in [0.2, 0.25) is 0 Å². The molecule has 1 amide bonds. The average molecular weight is 287 g/mol. The number of anilines is 1. The Kier molecular flexibility index (Phi) is 4.69. The summed E-state index contributed by atoms with van der Waals surface area (Å²) in [6, 6.07) is 14.0. The number of methoxy groups -OCH3 is 1. The predicted octanol–water partition coefficient (Wildman–Crippen LogP) is 4.11. The Morgan fingerprint density at radius 1 is 1.15 bits per heavy atom. The van der Waals surface area contributed by atoms with Crippen LogP contribution in [0.25, 0.3) is 0 Å². The highest BCUT2D eigenvalue weighted by atomic mass is 32.2. The summed E-state index contributed by atoms with van der Waals surface area (Å²) in [6.45, 7) is 3.55. The smallest absolute Gasteiger partial charge is 0.221 e. The molecule has 0 fully saturated rings. The third-order valence-corrected chi connectivity index (χ3v) is 3.83. The lowest BCUT2D eigenvalue weighted by atomic mass is 10.2. The monoisotopic (exact) mass is 287 g/mol. The van der Waals surface area contributed by atoms with Gasteiger partial charge in [-0.1, -0.05) is 35.5 Å². The normalized spacial score (nSPS) is 10.2. The van der Waals surface area contributed by atoms with Crippen LogP contribution in [0.1, 0.15) is 12.5 Å². The molecule has 0 bridgehead atoms. The lowest BCUT2D eigenvalue weighted by Crippen LogP contribution is -2.08. The maximum absolute atomic E-state index is 11.4. The van der Waals surface area contributed by atoms with Gasteiger partial charge < -0.3 is 10.1 Å². The zero-order valence-electron chi connectivity index (χ0n) is 11.8. The number of nitrogens with one attached hydrogen (secondary N) is 1. The SMILES string of the molecule is COc1cccc(Sc2ccc(C)cc2)c1NC(C)=O. The maximum Gasteiger partial charge on any atom is 0.221 e. The number of amides is 1. The largest absolute Gasteiger partial charge is 0.495 e. The third-order valence-electron chi connectivity index (χ3n) is 2.76. The molecule has 0 radical (unpaired) electrons. The minimum atomic E-state index is -0.111. The molecule has 0 unspecified atom stereocenters. The Bertz CT molecular complexity index is 608. The Balaban J connectivity index is 2.34. The summed E-state index contributed by atoms with van der Waals surface area (Å²) in [5.41, 5.74) is 1.94. The van der Waals surface area contributed by atoms with Crippen LogP contribution in [0, 0.1) is 6.92 Å². The van der Waals surface area contributed by atoms with Crippen LogP contribution in [-0.2, 0) is 4.79 Å². The van der Waals surface area contributed by atoms with E-state index in [0.717, 1.165) is 9.79 Å². The molecule has 0 aliphatic heterocycles. The third kappa shape index (κ3) is 3.54. The first kappa shape index (κ1) is 14.5. The highest BCUT2D eigenvalue weighted by Crippen LogP contribution is 2.38. The van der Waals surface area contributed by atoms with E-state index in [1.807, 2.05) is 18.2 Å². The second kappa shape index (κ2) is 6.48. The predicted molar refractivity (Wildman–Crippen MR) is 82.6 cm³/mol. The van der Waals surface area contributed by atoms with Gasteiger partial charge in [0.05, 0.1) is 12.8 Å². The molecule has 2 aromatic carbocycles. The summed E-state index contributed by atoms with van der Waals surface area (Å²) in [7, 11) is 1.60. The van der Waals surface area contributed by atoms with Crippen molar-refractivity contribution in [3.05, 3.63) is 48.0 Å². The molecule has 20 heavy (non-hydrogen) atoms. The van der Waals surface area contributed by atoms with Gasteiger partial charge >= 0.3 is 0 Å². The molecular formula is C16H17NO2S. The number of para-hydroxylation sites is 1. The van der Waals surface area contributed by atoms with Crippen LogP contribution in [0.5, 0.6) is 5.75 Å². The summed E-state index contributed by atoms with van der Waals surface area (Å²) in [4.78, 5) is 13.4. The van der Waals surface area contributed by atoms with Crippen molar-refractivity contribution in [1.29, 1.82) is 0 Å².